The third-order valence-corrected chi connectivity index (χ3v) is 3.43. The van der Waals surface area contributed by atoms with Crippen LogP contribution in [0, 0.1) is 20.8 Å². The van der Waals surface area contributed by atoms with Crippen molar-refractivity contribution < 1.29 is 14.6 Å². The van der Waals surface area contributed by atoms with Crippen molar-refractivity contribution in [3.05, 3.63) is 58.7 Å². The van der Waals surface area contributed by atoms with Gasteiger partial charge in [-0.1, -0.05) is 12.1 Å². The molecule has 120 valence electrons. The summed E-state index contributed by atoms with van der Waals surface area (Å²) in [6.07, 6.45) is 1.39. The van der Waals surface area contributed by atoms with Gasteiger partial charge in [-0.15, -0.1) is 0 Å². The lowest BCUT2D eigenvalue weighted by Crippen LogP contribution is -2.24. The topological polar surface area (TPSA) is 70.9 Å². The minimum absolute atomic E-state index is 0.120. The number of nitrogens with one attached hydrogen (secondary N) is 1. The van der Waals surface area contributed by atoms with Gasteiger partial charge >= 0.3 is 0 Å². The molecule has 0 unspecified atom stereocenters. The Hall–Kier alpha value is -2.82. The summed E-state index contributed by atoms with van der Waals surface area (Å²) in [6.45, 7) is 5.76. The molecule has 23 heavy (non-hydrogen) atoms. The van der Waals surface area contributed by atoms with Crippen molar-refractivity contribution in [3.8, 4) is 11.5 Å². The van der Waals surface area contributed by atoms with Crippen molar-refractivity contribution in [2.24, 2.45) is 5.10 Å². The number of phenolic OH excluding ortho intramolecular Hbond substituents is 1. The van der Waals surface area contributed by atoms with Gasteiger partial charge in [-0.25, -0.2) is 5.43 Å². The minimum atomic E-state index is -0.369. The Kier molecular flexibility index (Phi) is 5.36. The van der Waals surface area contributed by atoms with Gasteiger partial charge in [-0.05, 0) is 61.7 Å². The summed E-state index contributed by atoms with van der Waals surface area (Å²) >= 11 is 0. The van der Waals surface area contributed by atoms with Crippen LogP contribution in [0.5, 0.6) is 11.5 Å². The van der Waals surface area contributed by atoms with E-state index in [1.165, 1.54) is 11.8 Å². The Morgan fingerprint density at radius 1 is 1.17 bits per heavy atom. The normalized spacial score (nSPS) is 10.7. The molecule has 0 saturated carbocycles. The highest BCUT2D eigenvalue weighted by molar-refractivity contribution is 5.85. The lowest BCUT2D eigenvalue weighted by atomic mass is 10.1. The predicted molar refractivity (Wildman–Crippen MR) is 90.0 cm³/mol. The molecule has 2 aromatic carbocycles. The molecule has 5 heteroatoms. The molecule has 0 radical (unpaired) electrons. The third-order valence-electron chi connectivity index (χ3n) is 3.43. The van der Waals surface area contributed by atoms with Crippen molar-refractivity contribution in [2.45, 2.75) is 20.8 Å². The monoisotopic (exact) mass is 312 g/mol. The fourth-order valence-electron chi connectivity index (χ4n) is 1.92. The van der Waals surface area contributed by atoms with Crippen LogP contribution >= 0.6 is 0 Å². The van der Waals surface area contributed by atoms with E-state index < -0.39 is 0 Å². The Labute approximate surface area is 135 Å². The molecule has 2 rings (SSSR count). The van der Waals surface area contributed by atoms with Crippen LogP contribution in [0.15, 0.2) is 41.5 Å². The molecule has 2 N–H and O–H groups in total. The number of phenols is 1. The van der Waals surface area contributed by atoms with Gasteiger partial charge in [0.15, 0.2) is 6.61 Å². The number of benzene rings is 2. The first kappa shape index (κ1) is 16.5. The van der Waals surface area contributed by atoms with Crippen LogP contribution in [-0.2, 0) is 4.79 Å². The predicted octanol–water partition coefficient (Wildman–Crippen LogP) is 2.85. The molecule has 0 aliphatic heterocycles. The van der Waals surface area contributed by atoms with Crippen LogP contribution in [0.2, 0.25) is 0 Å². The highest BCUT2D eigenvalue weighted by Crippen LogP contribution is 2.17. The van der Waals surface area contributed by atoms with Gasteiger partial charge < -0.3 is 9.84 Å². The molecule has 0 saturated heterocycles. The van der Waals surface area contributed by atoms with E-state index in [1.54, 1.807) is 12.1 Å². The number of hydrazone groups is 1. The van der Waals surface area contributed by atoms with Gasteiger partial charge in [0.1, 0.15) is 11.5 Å². The van der Waals surface area contributed by atoms with Crippen LogP contribution < -0.4 is 10.2 Å². The Morgan fingerprint density at radius 2 is 1.96 bits per heavy atom. The van der Waals surface area contributed by atoms with Crippen molar-refractivity contribution >= 4 is 12.1 Å². The molecule has 0 heterocycles. The van der Waals surface area contributed by atoms with Crippen LogP contribution in [0.1, 0.15) is 22.3 Å². The Bertz CT molecular complexity index is 739. The van der Waals surface area contributed by atoms with Gasteiger partial charge in [0, 0.05) is 5.56 Å². The second-order valence-electron chi connectivity index (χ2n) is 5.39. The summed E-state index contributed by atoms with van der Waals surface area (Å²) in [5.41, 5.74) is 6.12. The van der Waals surface area contributed by atoms with E-state index in [2.05, 4.69) is 10.5 Å². The van der Waals surface area contributed by atoms with Crippen LogP contribution in [0.25, 0.3) is 0 Å². The van der Waals surface area contributed by atoms with Gasteiger partial charge in [0.2, 0.25) is 0 Å². The fourth-order valence-corrected chi connectivity index (χ4v) is 1.92. The van der Waals surface area contributed by atoms with E-state index in [0.717, 1.165) is 11.1 Å². The lowest BCUT2D eigenvalue weighted by molar-refractivity contribution is -0.123. The first-order valence-electron chi connectivity index (χ1n) is 7.27. The van der Waals surface area contributed by atoms with Crippen molar-refractivity contribution in [1.29, 1.82) is 0 Å². The molecule has 0 aromatic heterocycles. The third kappa shape index (κ3) is 4.85. The molecule has 0 bridgehead atoms. The number of hydrogen-bond acceptors (Lipinski definition) is 4. The van der Waals surface area contributed by atoms with Gasteiger partial charge in [-0.2, -0.15) is 5.10 Å². The summed E-state index contributed by atoms with van der Waals surface area (Å²) in [7, 11) is 0. The first-order chi connectivity index (χ1) is 11.0. The maximum absolute atomic E-state index is 11.7. The summed E-state index contributed by atoms with van der Waals surface area (Å²) < 4.78 is 5.41. The Morgan fingerprint density at radius 3 is 2.65 bits per heavy atom. The lowest BCUT2D eigenvalue weighted by Gasteiger charge is -2.07. The minimum Gasteiger partial charge on any atom is -0.507 e. The molecular weight excluding hydrogens is 292 g/mol. The molecule has 1 amide bonds. The van der Waals surface area contributed by atoms with Crippen molar-refractivity contribution in [2.75, 3.05) is 6.61 Å². The zero-order valence-corrected chi connectivity index (χ0v) is 13.5. The SMILES string of the molecule is Cc1ccc(C=NNC(=O)COc2ccc(C)c(C)c2)c(O)c1. The summed E-state index contributed by atoms with van der Waals surface area (Å²) in [6, 6.07) is 10.9. The molecule has 0 spiro atoms. The molecule has 2 aromatic rings. The Balaban J connectivity index is 1.85. The molecular formula is C18H20N2O3. The number of carbonyl (C=O) groups is 1. The van der Waals surface area contributed by atoms with Gasteiger partial charge in [0.25, 0.3) is 5.91 Å². The molecule has 0 fully saturated rings. The maximum atomic E-state index is 11.7. The van der Waals surface area contributed by atoms with E-state index in [0.29, 0.717) is 11.3 Å². The second kappa shape index (κ2) is 7.45. The van der Waals surface area contributed by atoms with Gasteiger partial charge in [0.05, 0.1) is 6.21 Å². The zero-order valence-electron chi connectivity index (χ0n) is 13.5. The smallest absolute Gasteiger partial charge is 0.277 e. The summed E-state index contributed by atoms with van der Waals surface area (Å²) in [4.78, 5) is 11.7. The quantitative estimate of drug-likeness (QED) is 0.659. The van der Waals surface area contributed by atoms with Gasteiger partial charge in [-0.3, -0.25) is 4.79 Å². The number of aromatic hydroxyl groups is 1. The number of hydrogen-bond donors (Lipinski definition) is 2. The summed E-state index contributed by atoms with van der Waals surface area (Å²) in [5, 5.41) is 13.5. The van der Waals surface area contributed by atoms with Crippen molar-refractivity contribution in [3.63, 3.8) is 0 Å². The van der Waals surface area contributed by atoms with Crippen LogP contribution in [-0.4, -0.2) is 23.8 Å². The van der Waals surface area contributed by atoms with E-state index in [-0.39, 0.29) is 18.3 Å². The molecule has 5 nitrogen and oxygen atoms in total. The molecule has 0 atom stereocenters. The number of ether oxygens (including phenoxy) is 1. The number of aryl methyl sites for hydroxylation is 3. The maximum Gasteiger partial charge on any atom is 0.277 e. The largest absolute Gasteiger partial charge is 0.507 e. The summed E-state index contributed by atoms with van der Waals surface area (Å²) in [5.74, 6) is 0.392. The molecule has 0 aliphatic carbocycles. The van der Waals surface area contributed by atoms with Crippen LogP contribution in [0.3, 0.4) is 0 Å². The highest BCUT2D eigenvalue weighted by atomic mass is 16.5. The average Bonchev–Trinajstić information content (AvgIpc) is 2.50. The number of amides is 1. The highest BCUT2D eigenvalue weighted by Gasteiger charge is 2.03. The van der Waals surface area contributed by atoms with E-state index in [4.69, 9.17) is 4.74 Å². The van der Waals surface area contributed by atoms with Crippen molar-refractivity contribution in [1.82, 2.24) is 5.43 Å². The number of nitrogens with zero attached hydrogens (tertiary/aromatic N) is 1. The first-order valence-corrected chi connectivity index (χ1v) is 7.27. The average molecular weight is 312 g/mol. The zero-order chi connectivity index (χ0) is 16.8. The molecule has 0 aliphatic rings. The standard InChI is InChI=1S/C18H20N2O3/c1-12-4-6-15(17(21)8-12)10-19-20-18(22)11-23-16-7-5-13(2)14(3)9-16/h4-10,21H,11H2,1-3H3,(H,20,22). The number of rotatable bonds is 5. The van der Waals surface area contributed by atoms with E-state index >= 15 is 0 Å². The van der Waals surface area contributed by atoms with E-state index in [9.17, 15) is 9.90 Å². The number of carbonyl (C=O) groups excluding carboxylic acids is 1. The van der Waals surface area contributed by atoms with E-state index in [1.807, 2.05) is 45.0 Å². The fraction of sp³-hybridized carbons (Fsp3) is 0.222. The van der Waals surface area contributed by atoms with Crippen LogP contribution in [0.4, 0.5) is 0 Å². The second-order valence-corrected chi connectivity index (χ2v) is 5.39.